The van der Waals surface area contributed by atoms with E-state index < -0.39 is 0 Å². The molecule has 6 aromatic carbocycles. The van der Waals surface area contributed by atoms with Crippen molar-refractivity contribution in [3.05, 3.63) is 152 Å². The molecule has 0 fully saturated rings. The SMILES string of the molecule is c1ccc(-c2cc(-c3ccccc3)cc(-n3c4ccccc4c4cc(-c5ccccc5)ccc43)c2)cc1. The van der Waals surface area contributed by atoms with Gasteiger partial charge in [-0.1, -0.05) is 115 Å². The van der Waals surface area contributed by atoms with Gasteiger partial charge in [0.05, 0.1) is 11.0 Å². The Kier molecular flexibility index (Phi) is 5.19. The molecule has 7 rings (SSSR count). The molecule has 1 nitrogen and oxygen atoms in total. The van der Waals surface area contributed by atoms with Crippen LogP contribution in [0.1, 0.15) is 0 Å². The summed E-state index contributed by atoms with van der Waals surface area (Å²) in [5, 5.41) is 2.53. The molecule has 0 unspecified atom stereocenters. The van der Waals surface area contributed by atoms with Crippen LogP contribution in [0.5, 0.6) is 0 Å². The van der Waals surface area contributed by atoms with E-state index in [2.05, 4.69) is 156 Å². The highest BCUT2D eigenvalue weighted by Crippen LogP contribution is 2.37. The maximum atomic E-state index is 2.42. The minimum Gasteiger partial charge on any atom is -0.309 e. The largest absolute Gasteiger partial charge is 0.309 e. The van der Waals surface area contributed by atoms with Crippen LogP contribution in [0.4, 0.5) is 0 Å². The molecule has 0 radical (unpaired) electrons. The van der Waals surface area contributed by atoms with E-state index >= 15 is 0 Å². The lowest BCUT2D eigenvalue weighted by atomic mass is 9.98. The van der Waals surface area contributed by atoms with Gasteiger partial charge in [0.1, 0.15) is 0 Å². The normalized spacial score (nSPS) is 11.2. The Morgan fingerprint density at radius 1 is 0.297 bits per heavy atom. The second kappa shape index (κ2) is 8.96. The summed E-state index contributed by atoms with van der Waals surface area (Å²) < 4.78 is 2.42. The molecule has 0 aliphatic heterocycles. The van der Waals surface area contributed by atoms with E-state index in [0.29, 0.717) is 0 Å². The number of hydrogen-bond acceptors (Lipinski definition) is 0. The number of aromatic nitrogens is 1. The molecule has 0 saturated heterocycles. The van der Waals surface area contributed by atoms with Gasteiger partial charge < -0.3 is 4.57 Å². The van der Waals surface area contributed by atoms with Gasteiger partial charge in [-0.2, -0.15) is 0 Å². The zero-order valence-electron chi connectivity index (χ0n) is 20.4. The van der Waals surface area contributed by atoms with Crippen LogP contribution >= 0.6 is 0 Å². The first-order chi connectivity index (χ1) is 18.3. The molecule has 0 aliphatic carbocycles. The molecule has 0 spiro atoms. The average molecular weight is 472 g/mol. The van der Waals surface area contributed by atoms with Crippen molar-refractivity contribution < 1.29 is 0 Å². The molecule has 7 aromatic rings. The van der Waals surface area contributed by atoms with Crippen molar-refractivity contribution >= 4 is 21.8 Å². The van der Waals surface area contributed by atoms with Gasteiger partial charge in [0, 0.05) is 16.5 Å². The van der Waals surface area contributed by atoms with Gasteiger partial charge in [0.15, 0.2) is 0 Å². The molecule has 0 saturated carbocycles. The fraction of sp³-hybridized carbons (Fsp3) is 0. The molecule has 0 amide bonds. The molecule has 37 heavy (non-hydrogen) atoms. The maximum absolute atomic E-state index is 2.42. The highest BCUT2D eigenvalue weighted by molar-refractivity contribution is 6.10. The van der Waals surface area contributed by atoms with Gasteiger partial charge >= 0.3 is 0 Å². The summed E-state index contributed by atoms with van der Waals surface area (Å²) in [6.45, 7) is 0. The number of fused-ring (bicyclic) bond motifs is 3. The highest BCUT2D eigenvalue weighted by Gasteiger charge is 2.15. The topological polar surface area (TPSA) is 4.93 Å². The zero-order valence-corrected chi connectivity index (χ0v) is 20.4. The number of rotatable bonds is 4. The van der Waals surface area contributed by atoms with Gasteiger partial charge in [-0.3, -0.25) is 0 Å². The van der Waals surface area contributed by atoms with Gasteiger partial charge in [-0.25, -0.2) is 0 Å². The third-order valence-electron chi connectivity index (χ3n) is 7.17. The predicted octanol–water partition coefficient (Wildman–Crippen LogP) is 9.78. The molecular formula is C36H25N. The highest BCUT2D eigenvalue weighted by atomic mass is 15.0. The first-order valence-electron chi connectivity index (χ1n) is 12.7. The number of nitrogens with zero attached hydrogens (tertiary/aromatic N) is 1. The summed E-state index contributed by atoms with van der Waals surface area (Å²) in [5.41, 5.74) is 10.9. The van der Waals surface area contributed by atoms with E-state index in [9.17, 15) is 0 Å². The van der Waals surface area contributed by atoms with Gasteiger partial charge in [0.2, 0.25) is 0 Å². The molecule has 174 valence electrons. The average Bonchev–Trinajstić information content (AvgIpc) is 3.32. The second-order valence-corrected chi connectivity index (χ2v) is 9.45. The summed E-state index contributed by atoms with van der Waals surface area (Å²) in [4.78, 5) is 0. The van der Waals surface area contributed by atoms with E-state index in [4.69, 9.17) is 0 Å². The summed E-state index contributed by atoms with van der Waals surface area (Å²) in [6.07, 6.45) is 0. The molecule has 1 aromatic heterocycles. The number of para-hydroxylation sites is 1. The van der Waals surface area contributed by atoms with Crippen molar-refractivity contribution in [2.75, 3.05) is 0 Å². The van der Waals surface area contributed by atoms with Gasteiger partial charge in [0.25, 0.3) is 0 Å². The van der Waals surface area contributed by atoms with E-state index in [1.54, 1.807) is 0 Å². The number of hydrogen-bond donors (Lipinski definition) is 0. The van der Waals surface area contributed by atoms with Crippen LogP contribution in [0.3, 0.4) is 0 Å². The van der Waals surface area contributed by atoms with E-state index in [-0.39, 0.29) is 0 Å². The minimum absolute atomic E-state index is 1.17. The fourth-order valence-electron chi connectivity index (χ4n) is 5.40. The van der Waals surface area contributed by atoms with Crippen LogP contribution in [0.2, 0.25) is 0 Å². The van der Waals surface area contributed by atoms with Gasteiger partial charge in [-0.15, -0.1) is 0 Å². The quantitative estimate of drug-likeness (QED) is 0.241. The summed E-state index contributed by atoms with van der Waals surface area (Å²) in [5.74, 6) is 0. The molecular weight excluding hydrogens is 446 g/mol. The second-order valence-electron chi connectivity index (χ2n) is 9.45. The van der Waals surface area contributed by atoms with Crippen LogP contribution in [0.25, 0.3) is 60.9 Å². The van der Waals surface area contributed by atoms with Crippen molar-refractivity contribution in [2.45, 2.75) is 0 Å². The lowest BCUT2D eigenvalue weighted by Gasteiger charge is -2.14. The predicted molar refractivity (Wildman–Crippen MR) is 157 cm³/mol. The molecule has 0 aliphatic rings. The lowest BCUT2D eigenvalue weighted by molar-refractivity contribution is 1.18. The maximum Gasteiger partial charge on any atom is 0.0541 e. The van der Waals surface area contributed by atoms with Crippen LogP contribution in [-0.4, -0.2) is 4.57 Å². The van der Waals surface area contributed by atoms with Gasteiger partial charge in [-0.05, 0) is 69.8 Å². The summed E-state index contributed by atoms with van der Waals surface area (Å²) in [6, 6.07) is 54.5. The van der Waals surface area contributed by atoms with E-state index in [0.717, 1.165) is 0 Å². The van der Waals surface area contributed by atoms with Crippen LogP contribution in [0, 0.1) is 0 Å². The van der Waals surface area contributed by atoms with Crippen molar-refractivity contribution in [3.63, 3.8) is 0 Å². The standard InChI is InChI=1S/C36H25N/c1-4-12-26(13-5-1)29-20-21-36-34(25-29)33-18-10-11-19-35(33)37(36)32-23-30(27-14-6-2-7-15-27)22-31(24-32)28-16-8-3-9-17-28/h1-25H. The Labute approximate surface area is 216 Å². The van der Waals surface area contributed by atoms with Crippen LogP contribution < -0.4 is 0 Å². The first-order valence-corrected chi connectivity index (χ1v) is 12.7. The van der Waals surface area contributed by atoms with Crippen molar-refractivity contribution in [3.8, 4) is 39.1 Å². The van der Waals surface area contributed by atoms with E-state index in [1.165, 1.54) is 60.9 Å². The van der Waals surface area contributed by atoms with Crippen molar-refractivity contribution in [2.24, 2.45) is 0 Å². The first kappa shape index (κ1) is 21.4. The molecule has 0 N–H and O–H groups in total. The molecule has 1 heterocycles. The minimum atomic E-state index is 1.17. The lowest BCUT2D eigenvalue weighted by Crippen LogP contribution is -1.96. The van der Waals surface area contributed by atoms with Crippen molar-refractivity contribution in [1.29, 1.82) is 0 Å². The zero-order chi connectivity index (χ0) is 24.6. The Morgan fingerprint density at radius 2 is 0.784 bits per heavy atom. The molecule has 0 bridgehead atoms. The fourth-order valence-corrected chi connectivity index (χ4v) is 5.40. The summed E-state index contributed by atoms with van der Waals surface area (Å²) >= 11 is 0. The number of benzene rings is 6. The smallest absolute Gasteiger partial charge is 0.0541 e. The Hall–Kier alpha value is -4.88. The van der Waals surface area contributed by atoms with Crippen LogP contribution in [0.15, 0.2) is 152 Å². The summed E-state index contributed by atoms with van der Waals surface area (Å²) in [7, 11) is 0. The molecule has 1 heteroatoms. The third kappa shape index (κ3) is 3.82. The molecule has 0 atom stereocenters. The Balaban J connectivity index is 1.51. The van der Waals surface area contributed by atoms with E-state index in [1.807, 2.05) is 0 Å². The van der Waals surface area contributed by atoms with Crippen molar-refractivity contribution in [1.82, 2.24) is 4.57 Å². The monoisotopic (exact) mass is 471 g/mol. The third-order valence-corrected chi connectivity index (χ3v) is 7.17. The van der Waals surface area contributed by atoms with Crippen LogP contribution in [-0.2, 0) is 0 Å². The Bertz CT molecular complexity index is 1790. The Morgan fingerprint density at radius 3 is 1.38 bits per heavy atom.